The predicted octanol–water partition coefficient (Wildman–Crippen LogP) is 5.48. The zero-order valence-corrected chi connectivity index (χ0v) is 16.1. The molecule has 0 N–H and O–H groups in total. The van der Waals surface area contributed by atoms with E-state index in [1.165, 1.54) is 0 Å². The van der Waals surface area contributed by atoms with Gasteiger partial charge in [0.1, 0.15) is 5.69 Å². The Balaban J connectivity index is 1.81. The summed E-state index contributed by atoms with van der Waals surface area (Å²) in [5.74, 6) is -0.0655. The molecular formula is C25H22N2O. The van der Waals surface area contributed by atoms with Crippen LogP contribution in [0.3, 0.4) is 0 Å². The van der Waals surface area contributed by atoms with Crippen LogP contribution in [0.15, 0.2) is 84.9 Å². The van der Waals surface area contributed by atoms with E-state index in [-0.39, 0.29) is 5.91 Å². The average molecular weight is 365 g/mol. The fraction of sp³-hybridized carbons (Fsp3) is 0.120. The van der Waals surface area contributed by atoms with Crippen LogP contribution in [0, 0.1) is 6.92 Å². The largest absolute Gasteiger partial charge is 0.336 e. The molecule has 3 nitrogen and oxygen atoms in total. The molecule has 0 fully saturated rings. The highest BCUT2D eigenvalue weighted by molar-refractivity contribution is 6.03. The van der Waals surface area contributed by atoms with Gasteiger partial charge in [0.25, 0.3) is 5.91 Å². The normalized spacial score (nSPS) is 10.8. The van der Waals surface area contributed by atoms with Crippen LogP contribution in [0.2, 0.25) is 0 Å². The van der Waals surface area contributed by atoms with E-state index in [2.05, 4.69) is 18.2 Å². The number of amides is 1. The van der Waals surface area contributed by atoms with Gasteiger partial charge >= 0.3 is 0 Å². The average Bonchev–Trinajstić information content (AvgIpc) is 2.74. The summed E-state index contributed by atoms with van der Waals surface area (Å²) >= 11 is 0. The van der Waals surface area contributed by atoms with Crippen LogP contribution in [0.25, 0.3) is 22.0 Å². The van der Waals surface area contributed by atoms with Crippen LogP contribution in [0.1, 0.15) is 21.6 Å². The number of rotatable bonds is 4. The zero-order valence-electron chi connectivity index (χ0n) is 16.1. The molecule has 0 saturated heterocycles. The molecule has 4 aromatic rings. The molecule has 0 unspecified atom stereocenters. The van der Waals surface area contributed by atoms with E-state index in [0.29, 0.717) is 12.2 Å². The molecule has 0 spiro atoms. The van der Waals surface area contributed by atoms with Gasteiger partial charge in [0.2, 0.25) is 0 Å². The molecule has 0 aliphatic carbocycles. The number of benzene rings is 3. The van der Waals surface area contributed by atoms with E-state index < -0.39 is 0 Å². The van der Waals surface area contributed by atoms with E-state index in [9.17, 15) is 4.79 Å². The third kappa shape index (κ3) is 3.39. The molecule has 1 heterocycles. The molecule has 3 aromatic carbocycles. The molecule has 4 rings (SSSR count). The third-order valence-electron chi connectivity index (χ3n) is 5.01. The Hall–Kier alpha value is -3.46. The summed E-state index contributed by atoms with van der Waals surface area (Å²) in [6, 6.07) is 28.2. The maximum Gasteiger partial charge on any atom is 0.272 e. The second kappa shape index (κ2) is 7.65. The Morgan fingerprint density at radius 1 is 0.857 bits per heavy atom. The highest BCUT2D eigenvalue weighted by Gasteiger charge is 2.21. The SMILES string of the molecule is Cc1c(C(=O)N([11CH3])Cc2ccccc2)nc2ccccc2c1-c1ccccc1. The molecule has 28 heavy (non-hydrogen) atoms. The Labute approximate surface area is 165 Å². The fourth-order valence-electron chi connectivity index (χ4n) is 3.60. The zero-order chi connectivity index (χ0) is 19.5. The van der Waals surface area contributed by atoms with Gasteiger partial charge in [0.15, 0.2) is 0 Å². The lowest BCUT2D eigenvalue weighted by molar-refractivity contribution is 0.0779. The van der Waals surface area contributed by atoms with Crippen molar-refractivity contribution in [3.8, 4) is 11.1 Å². The molecule has 138 valence electrons. The van der Waals surface area contributed by atoms with Crippen LogP contribution < -0.4 is 0 Å². The molecule has 0 bridgehead atoms. The number of nitrogens with zero attached hydrogens (tertiary/aromatic N) is 2. The standard InChI is InChI=1S/C25H22N2O/c1-18-23(20-13-7-4-8-14-20)21-15-9-10-16-22(21)26-24(18)25(28)27(2)17-19-11-5-3-6-12-19/h3-16H,17H2,1-2H3/i2-1. The topological polar surface area (TPSA) is 33.2 Å². The third-order valence-corrected chi connectivity index (χ3v) is 5.01. The molecule has 1 aromatic heterocycles. The van der Waals surface area contributed by atoms with Gasteiger partial charge in [-0.1, -0.05) is 78.9 Å². The highest BCUT2D eigenvalue weighted by Crippen LogP contribution is 2.33. The predicted molar refractivity (Wildman–Crippen MR) is 114 cm³/mol. The lowest BCUT2D eigenvalue weighted by atomic mass is 9.94. The minimum Gasteiger partial charge on any atom is -0.336 e. The number of fused-ring (bicyclic) bond motifs is 1. The Morgan fingerprint density at radius 2 is 1.46 bits per heavy atom. The van der Waals surface area contributed by atoms with Crippen LogP contribution >= 0.6 is 0 Å². The molecule has 0 saturated carbocycles. The van der Waals surface area contributed by atoms with Crippen LogP contribution in [-0.2, 0) is 6.54 Å². The Kier molecular flexibility index (Phi) is 4.90. The van der Waals surface area contributed by atoms with Gasteiger partial charge in [-0.15, -0.1) is 0 Å². The van der Waals surface area contributed by atoms with Gasteiger partial charge in [-0.2, -0.15) is 0 Å². The number of carbonyl (C=O) groups is 1. The van der Waals surface area contributed by atoms with E-state index >= 15 is 0 Å². The van der Waals surface area contributed by atoms with Crippen molar-refractivity contribution in [2.75, 3.05) is 7.05 Å². The lowest BCUT2D eigenvalue weighted by Crippen LogP contribution is -2.28. The van der Waals surface area contributed by atoms with E-state index in [4.69, 9.17) is 4.98 Å². The second-order valence-electron chi connectivity index (χ2n) is 6.99. The molecule has 3 heteroatoms. The van der Waals surface area contributed by atoms with Crippen molar-refractivity contribution in [1.82, 2.24) is 9.88 Å². The van der Waals surface area contributed by atoms with Crippen LogP contribution in [0.4, 0.5) is 0 Å². The van der Waals surface area contributed by atoms with Crippen LogP contribution in [0.5, 0.6) is 0 Å². The van der Waals surface area contributed by atoms with Crippen molar-refractivity contribution in [3.05, 3.63) is 102 Å². The van der Waals surface area contributed by atoms with Crippen molar-refractivity contribution < 1.29 is 4.79 Å². The van der Waals surface area contributed by atoms with E-state index in [1.807, 2.05) is 80.7 Å². The summed E-state index contributed by atoms with van der Waals surface area (Å²) in [5, 5.41) is 1.06. The first-order chi connectivity index (χ1) is 13.6. The number of pyridine rings is 1. The van der Waals surface area contributed by atoms with Crippen LogP contribution in [-0.4, -0.2) is 22.8 Å². The van der Waals surface area contributed by atoms with Crippen molar-refractivity contribution in [1.29, 1.82) is 0 Å². The van der Waals surface area contributed by atoms with Gasteiger partial charge in [0, 0.05) is 19.0 Å². The van der Waals surface area contributed by atoms with Crippen molar-refractivity contribution in [2.45, 2.75) is 13.5 Å². The molecule has 0 radical (unpaired) electrons. The van der Waals surface area contributed by atoms with E-state index in [1.54, 1.807) is 4.90 Å². The van der Waals surface area contributed by atoms with Gasteiger partial charge in [-0.05, 0) is 35.2 Å². The lowest BCUT2D eigenvalue weighted by Gasteiger charge is -2.20. The quantitative estimate of drug-likeness (QED) is 0.480. The second-order valence-corrected chi connectivity index (χ2v) is 6.99. The van der Waals surface area contributed by atoms with Crippen molar-refractivity contribution in [2.24, 2.45) is 0 Å². The number of hydrogen-bond donors (Lipinski definition) is 0. The summed E-state index contributed by atoms with van der Waals surface area (Å²) in [5.41, 5.74) is 5.52. The number of carbonyl (C=O) groups excluding carboxylic acids is 1. The maximum atomic E-state index is 13.3. The smallest absolute Gasteiger partial charge is 0.272 e. The van der Waals surface area contributed by atoms with Gasteiger partial charge in [-0.25, -0.2) is 4.98 Å². The summed E-state index contributed by atoms with van der Waals surface area (Å²) in [7, 11) is 1.83. The fourth-order valence-corrected chi connectivity index (χ4v) is 3.60. The molecular weight excluding hydrogens is 343 g/mol. The first-order valence-corrected chi connectivity index (χ1v) is 9.39. The summed E-state index contributed by atoms with van der Waals surface area (Å²) in [6.45, 7) is 2.54. The summed E-state index contributed by atoms with van der Waals surface area (Å²) in [4.78, 5) is 19.7. The minimum atomic E-state index is -0.0655. The molecule has 0 atom stereocenters. The summed E-state index contributed by atoms with van der Waals surface area (Å²) < 4.78 is 0. The highest BCUT2D eigenvalue weighted by atomic mass is 16.2. The monoisotopic (exact) mass is 365 g/mol. The van der Waals surface area contributed by atoms with Crippen molar-refractivity contribution >= 4 is 16.8 Å². The summed E-state index contributed by atoms with van der Waals surface area (Å²) in [6.07, 6.45) is 0. The van der Waals surface area contributed by atoms with E-state index in [0.717, 1.165) is 33.2 Å². The van der Waals surface area contributed by atoms with Gasteiger partial charge in [-0.3, -0.25) is 4.79 Å². The van der Waals surface area contributed by atoms with Gasteiger partial charge < -0.3 is 4.90 Å². The van der Waals surface area contributed by atoms with Gasteiger partial charge in [0.05, 0.1) is 5.52 Å². The first-order valence-electron chi connectivity index (χ1n) is 9.39. The number of hydrogen-bond acceptors (Lipinski definition) is 2. The molecule has 0 aliphatic rings. The minimum absolute atomic E-state index is 0.0655. The Bertz CT molecular complexity index is 1120. The first kappa shape index (κ1) is 17.9. The molecule has 1 amide bonds. The number of aromatic nitrogens is 1. The number of para-hydroxylation sites is 1. The molecule has 0 aliphatic heterocycles. The van der Waals surface area contributed by atoms with Crippen molar-refractivity contribution in [3.63, 3.8) is 0 Å². The Morgan fingerprint density at radius 3 is 2.18 bits per heavy atom. The maximum absolute atomic E-state index is 13.3.